The Morgan fingerprint density at radius 3 is 2.93 bits per heavy atom. The van der Waals surface area contributed by atoms with Crippen molar-refractivity contribution in [2.45, 2.75) is 50.5 Å². The van der Waals surface area contributed by atoms with Gasteiger partial charge in [0.2, 0.25) is 0 Å². The van der Waals surface area contributed by atoms with Gasteiger partial charge in [-0.25, -0.2) is 0 Å². The second-order valence-corrected chi connectivity index (χ2v) is 8.89. The van der Waals surface area contributed by atoms with E-state index in [0.29, 0.717) is 27.7 Å². The number of pyridine rings is 1. The zero-order valence-electron chi connectivity index (χ0n) is 16.9. The number of thiophene rings is 1. The van der Waals surface area contributed by atoms with Gasteiger partial charge in [0.05, 0.1) is 40.3 Å². The lowest BCUT2D eigenvalue weighted by molar-refractivity contribution is 0.0995. The van der Waals surface area contributed by atoms with Crippen LogP contribution in [0.15, 0.2) is 18.5 Å². The van der Waals surface area contributed by atoms with Gasteiger partial charge in [0.25, 0.3) is 0 Å². The smallest absolute Gasteiger partial charge is 0.172 e. The molecule has 0 radical (unpaired) electrons. The van der Waals surface area contributed by atoms with Crippen molar-refractivity contribution in [3.63, 3.8) is 0 Å². The molecule has 1 fully saturated rings. The monoisotopic (exact) mass is 413 g/mol. The van der Waals surface area contributed by atoms with Crippen LogP contribution in [0.1, 0.15) is 59.6 Å². The van der Waals surface area contributed by atoms with Gasteiger partial charge < -0.3 is 16.2 Å². The molecule has 3 aromatic rings. The molecule has 4 rings (SSSR count). The summed E-state index contributed by atoms with van der Waals surface area (Å²) in [7, 11) is 3.55. The van der Waals surface area contributed by atoms with Crippen molar-refractivity contribution in [3.05, 3.63) is 35.3 Å². The molecule has 3 heterocycles. The van der Waals surface area contributed by atoms with Crippen LogP contribution in [-0.2, 0) is 13.5 Å². The lowest BCUT2D eigenvalue weighted by Crippen LogP contribution is -2.18. The molecule has 0 aromatic carbocycles. The van der Waals surface area contributed by atoms with Crippen molar-refractivity contribution < 1.29 is 9.53 Å². The molecule has 7 nitrogen and oxygen atoms in total. The number of anilines is 1. The SMILES string of the molecule is COc1cnc2c(C(=O)Cc3cnn(C)c3C3CCCC(N)CC3)c(N)sc2c1. The number of carbonyl (C=O) groups is 1. The van der Waals surface area contributed by atoms with Gasteiger partial charge in [-0.3, -0.25) is 14.5 Å². The molecule has 4 N–H and O–H groups in total. The molecule has 1 saturated carbocycles. The molecule has 1 aliphatic rings. The number of ether oxygens (including phenoxy) is 1. The normalized spacial score (nSPS) is 20.0. The predicted octanol–water partition coefficient (Wildman–Crippen LogP) is 3.42. The van der Waals surface area contributed by atoms with E-state index in [4.69, 9.17) is 16.2 Å². The van der Waals surface area contributed by atoms with Gasteiger partial charge >= 0.3 is 0 Å². The summed E-state index contributed by atoms with van der Waals surface area (Å²) < 4.78 is 8.00. The third-order valence-corrected chi connectivity index (χ3v) is 6.82. The summed E-state index contributed by atoms with van der Waals surface area (Å²) in [5.74, 6) is 1.02. The van der Waals surface area contributed by atoms with Gasteiger partial charge in [-0.1, -0.05) is 6.42 Å². The molecule has 2 atom stereocenters. The van der Waals surface area contributed by atoms with Crippen molar-refractivity contribution >= 4 is 32.3 Å². The number of aromatic nitrogens is 3. The molecule has 0 amide bonds. The number of nitrogens with two attached hydrogens (primary N) is 2. The number of nitrogens with zero attached hydrogens (tertiary/aromatic N) is 3. The van der Waals surface area contributed by atoms with Crippen LogP contribution in [-0.4, -0.2) is 33.7 Å². The molecule has 3 aromatic heterocycles. The van der Waals surface area contributed by atoms with Crippen molar-refractivity contribution in [2.24, 2.45) is 12.8 Å². The quantitative estimate of drug-likeness (QED) is 0.490. The Balaban J connectivity index is 1.63. The second kappa shape index (κ2) is 8.12. The maximum atomic E-state index is 13.2. The number of rotatable bonds is 5. The van der Waals surface area contributed by atoms with Crippen LogP contribution < -0.4 is 16.2 Å². The first-order valence-corrected chi connectivity index (χ1v) is 10.8. The van der Waals surface area contributed by atoms with E-state index in [1.165, 1.54) is 11.3 Å². The first-order valence-electron chi connectivity index (χ1n) is 9.99. The molecular formula is C21H27N5O2S. The van der Waals surface area contributed by atoms with Gasteiger partial charge in [-0.2, -0.15) is 5.10 Å². The highest BCUT2D eigenvalue weighted by Gasteiger charge is 2.26. The Bertz CT molecular complexity index is 1040. The van der Waals surface area contributed by atoms with E-state index < -0.39 is 0 Å². The van der Waals surface area contributed by atoms with Crippen LogP contribution in [0.25, 0.3) is 10.2 Å². The van der Waals surface area contributed by atoms with E-state index in [1.807, 2.05) is 24.0 Å². The van der Waals surface area contributed by atoms with Crippen LogP contribution in [0.3, 0.4) is 0 Å². The topological polar surface area (TPSA) is 109 Å². The maximum absolute atomic E-state index is 13.2. The fourth-order valence-corrected chi connectivity index (χ4v) is 5.36. The van der Waals surface area contributed by atoms with E-state index >= 15 is 0 Å². The average molecular weight is 414 g/mol. The summed E-state index contributed by atoms with van der Waals surface area (Å²) in [5, 5.41) is 4.95. The number of hydrogen-bond acceptors (Lipinski definition) is 7. The van der Waals surface area contributed by atoms with E-state index in [-0.39, 0.29) is 18.2 Å². The number of carbonyl (C=O) groups excluding carboxylic acids is 1. The summed E-state index contributed by atoms with van der Waals surface area (Å²) in [5.41, 5.74) is 15.6. The number of Topliss-reactive ketones (excluding diaryl/α,β-unsaturated/α-hetero) is 1. The molecule has 0 bridgehead atoms. The van der Waals surface area contributed by atoms with Crippen molar-refractivity contribution in [1.82, 2.24) is 14.8 Å². The molecule has 8 heteroatoms. The molecule has 0 spiro atoms. The molecular weight excluding hydrogens is 386 g/mol. The summed E-state index contributed by atoms with van der Waals surface area (Å²) >= 11 is 1.37. The third-order valence-electron chi connectivity index (χ3n) is 5.86. The zero-order chi connectivity index (χ0) is 20.5. The minimum Gasteiger partial charge on any atom is -0.495 e. The number of aryl methyl sites for hydroxylation is 1. The van der Waals surface area contributed by atoms with Gasteiger partial charge in [-0.15, -0.1) is 11.3 Å². The van der Waals surface area contributed by atoms with Crippen LogP contribution in [0, 0.1) is 0 Å². The predicted molar refractivity (Wildman–Crippen MR) is 116 cm³/mol. The van der Waals surface area contributed by atoms with E-state index in [9.17, 15) is 4.79 Å². The largest absolute Gasteiger partial charge is 0.495 e. The lowest BCUT2D eigenvalue weighted by Gasteiger charge is -2.17. The number of methoxy groups -OCH3 is 1. The number of hydrogen-bond donors (Lipinski definition) is 2. The second-order valence-electron chi connectivity index (χ2n) is 7.81. The fraction of sp³-hybridized carbons (Fsp3) is 0.476. The molecule has 0 saturated heterocycles. The highest BCUT2D eigenvalue weighted by molar-refractivity contribution is 7.23. The minimum absolute atomic E-state index is 0.0222. The first kappa shape index (κ1) is 19.8. The number of nitrogen functional groups attached to an aromatic ring is 1. The Hall–Kier alpha value is -2.45. The molecule has 2 unspecified atom stereocenters. The van der Waals surface area contributed by atoms with Gasteiger partial charge in [0.15, 0.2) is 5.78 Å². The van der Waals surface area contributed by atoms with E-state index in [2.05, 4.69) is 10.1 Å². The van der Waals surface area contributed by atoms with Gasteiger partial charge in [-0.05, 0) is 25.7 Å². The molecule has 154 valence electrons. The Morgan fingerprint density at radius 2 is 2.14 bits per heavy atom. The van der Waals surface area contributed by atoms with Crippen molar-refractivity contribution in [2.75, 3.05) is 12.8 Å². The van der Waals surface area contributed by atoms with Crippen LogP contribution in [0.2, 0.25) is 0 Å². The zero-order valence-corrected chi connectivity index (χ0v) is 17.7. The Morgan fingerprint density at radius 1 is 1.31 bits per heavy atom. The highest BCUT2D eigenvalue weighted by atomic mass is 32.1. The standard InChI is InChI=1S/C21H27N5O2S/c1-26-20(12-4-3-5-14(22)7-6-12)13(10-25-26)8-16(27)18-19-17(29-21(18)23)9-15(28-2)11-24-19/h9-12,14H,3-8,22-23H2,1-2H3. The van der Waals surface area contributed by atoms with E-state index in [0.717, 1.165) is 48.1 Å². The summed E-state index contributed by atoms with van der Waals surface area (Å²) in [6.07, 6.45) is 9.01. The minimum atomic E-state index is -0.0222. The lowest BCUT2D eigenvalue weighted by atomic mass is 9.91. The summed E-state index contributed by atoms with van der Waals surface area (Å²) in [6.45, 7) is 0. The Kier molecular flexibility index (Phi) is 5.56. The highest BCUT2D eigenvalue weighted by Crippen LogP contribution is 2.37. The van der Waals surface area contributed by atoms with Gasteiger partial charge in [0, 0.05) is 42.8 Å². The fourth-order valence-electron chi connectivity index (χ4n) is 4.38. The van der Waals surface area contributed by atoms with Crippen LogP contribution in [0.5, 0.6) is 5.75 Å². The summed E-state index contributed by atoms with van der Waals surface area (Å²) in [4.78, 5) is 17.7. The van der Waals surface area contributed by atoms with Crippen LogP contribution >= 0.6 is 11.3 Å². The van der Waals surface area contributed by atoms with Crippen molar-refractivity contribution in [3.8, 4) is 5.75 Å². The first-order chi connectivity index (χ1) is 14.0. The number of fused-ring (bicyclic) bond motifs is 1. The maximum Gasteiger partial charge on any atom is 0.172 e. The average Bonchev–Trinajstić information content (AvgIpc) is 3.13. The molecule has 29 heavy (non-hydrogen) atoms. The Labute approximate surface area is 174 Å². The summed E-state index contributed by atoms with van der Waals surface area (Å²) in [6, 6.07) is 2.14. The van der Waals surface area contributed by atoms with Gasteiger partial charge in [0.1, 0.15) is 5.75 Å². The van der Waals surface area contributed by atoms with Crippen LogP contribution in [0.4, 0.5) is 5.00 Å². The molecule has 1 aliphatic carbocycles. The van der Waals surface area contributed by atoms with Crippen molar-refractivity contribution in [1.29, 1.82) is 0 Å². The third kappa shape index (κ3) is 3.86. The van der Waals surface area contributed by atoms with E-state index in [1.54, 1.807) is 13.3 Å². The number of ketones is 1. The molecule has 0 aliphatic heterocycles.